The van der Waals surface area contributed by atoms with Gasteiger partial charge in [0.15, 0.2) is 0 Å². The maximum atomic E-state index is 2.83. The van der Waals surface area contributed by atoms with Crippen molar-refractivity contribution in [2.24, 2.45) is 0 Å². The third-order valence-electron chi connectivity index (χ3n) is 1.24. The van der Waals surface area contributed by atoms with E-state index in [1.165, 1.54) is 0 Å². The molecule has 1 aromatic carbocycles. The highest BCUT2D eigenvalue weighted by Gasteiger charge is 2.05. The number of rotatable bonds is 1. The lowest BCUT2D eigenvalue weighted by molar-refractivity contribution is 1.49. The Morgan fingerprint density at radius 3 is 2.22 bits per heavy atom. The van der Waals surface area contributed by atoms with Crippen molar-refractivity contribution in [2.45, 2.75) is 0 Å². The largest absolute Gasteiger partial charge is 0.224 e. The van der Waals surface area contributed by atoms with Crippen LogP contribution >= 0.6 is 0 Å². The lowest BCUT2D eigenvalue weighted by atomic mass is 10.3. The Labute approximate surface area is 53.9 Å². The Hall–Kier alpha value is -1.42. The van der Waals surface area contributed by atoms with Crippen molar-refractivity contribution < 1.29 is 0 Å². The number of para-hydroxylation sites is 1. The van der Waals surface area contributed by atoms with Crippen molar-refractivity contribution in [3.8, 4) is 12.1 Å². The third-order valence-corrected chi connectivity index (χ3v) is 1.24. The van der Waals surface area contributed by atoms with E-state index in [9.17, 15) is 0 Å². The second-order valence-corrected chi connectivity index (χ2v) is 1.89. The lowest BCUT2D eigenvalue weighted by Crippen LogP contribution is -1.90. The standard InChI is InChI=1S/C8H5N/c1-2-4-8(5-3-1)9-6-7-9/h1-5H. The first kappa shape index (κ1) is 4.46. The van der Waals surface area contributed by atoms with E-state index in [-0.39, 0.29) is 0 Å². The maximum absolute atomic E-state index is 2.83. The Bertz CT molecular complexity index is 258. The normalized spacial score (nSPS) is 12.2. The Kier molecular flexibility index (Phi) is 0.757. The molecule has 1 aliphatic heterocycles. The maximum Gasteiger partial charge on any atom is 0.0637 e. The van der Waals surface area contributed by atoms with Crippen LogP contribution in [0.3, 0.4) is 0 Å². The predicted molar refractivity (Wildman–Crippen MR) is 36.7 cm³/mol. The summed E-state index contributed by atoms with van der Waals surface area (Å²) in [7, 11) is 0. The van der Waals surface area contributed by atoms with E-state index in [1.54, 1.807) is 0 Å². The zero-order valence-electron chi connectivity index (χ0n) is 4.83. The van der Waals surface area contributed by atoms with Gasteiger partial charge in [-0.1, -0.05) is 18.2 Å². The van der Waals surface area contributed by atoms with E-state index in [0.717, 1.165) is 5.69 Å². The molecule has 1 aliphatic rings. The van der Waals surface area contributed by atoms with Crippen molar-refractivity contribution in [2.75, 3.05) is 4.90 Å². The molecule has 0 saturated carbocycles. The molecule has 0 N–H and O–H groups in total. The molecule has 0 radical (unpaired) electrons. The van der Waals surface area contributed by atoms with Crippen molar-refractivity contribution in [1.82, 2.24) is 0 Å². The summed E-state index contributed by atoms with van der Waals surface area (Å²) in [5.74, 6) is 0. The van der Waals surface area contributed by atoms with Gasteiger partial charge in [-0.2, -0.15) is 0 Å². The topological polar surface area (TPSA) is 3.01 Å². The number of hydrogen-bond acceptors (Lipinski definition) is 1. The summed E-state index contributed by atoms with van der Waals surface area (Å²) >= 11 is 0. The first-order valence-corrected chi connectivity index (χ1v) is 2.83. The van der Waals surface area contributed by atoms with Gasteiger partial charge < -0.3 is 0 Å². The van der Waals surface area contributed by atoms with Gasteiger partial charge in [-0.25, -0.2) is 4.90 Å². The predicted octanol–water partition coefficient (Wildman–Crippen LogP) is 1.43. The second-order valence-electron chi connectivity index (χ2n) is 1.89. The van der Waals surface area contributed by atoms with E-state index in [4.69, 9.17) is 0 Å². The minimum atomic E-state index is 1.14. The third kappa shape index (κ3) is 0.748. The number of benzene rings is 1. The molecule has 2 rings (SSSR count). The molecule has 1 heterocycles. The minimum absolute atomic E-state index is 1.14. The van der Waals surface area contributed by atoms with Gasteiger partial charge in [-0.05, 0) is 12.1 Å². The summed E-state index contributed by atoms with van der Waals surface area (Å²) in [6.45, 7) is 0. The molecule has 0 unspecified atom stereocenters. The summed E-state index contributed by atoms with van der Waals surface area (Å²) in [6, 6.07) is 15.7. The molecule has 1 nitrogen and oxygen atoms in total. The number of nitrogens with zero attached hydrogens (tertiary/aromatic N) is 1. The van der Waals surface area contributed by atoms with Crippen molar-refractivity contribution in [3.63, 3.8) is 0 Å². The van der Waals surface area contributed by atoms with Gasteiger partial charge in [0.1, 0.15) is 0 Å². The van der Waals surface area contributed by atoms with Crippen LogP contribution in [0.5, 0.6) is 0 Å². The van der Waals surface area contributed by atoms with Crippen LogP contribution in [0.25, 0.3) is 0 Å². The molecule has 0 saturated heterocycles. The molecule has 0 bridgehead atoms. The molecule has 0 spiro atoms. The average Bonchev–Trinajstić information content (AvgIpc) is 2.71. The first-order chi connectivity index (χ1) is 4.47. The zero-order valence-corrected chi connectivity index (χ0v) is 4.83. The molecular weight excluding hydrogens is 110 g/mol. The molecule has 0 aromatic heterocycles. The molecule has 42 valence electrons. The smallest absolute Gasteiger partial charge is 0.0637 e. The highest BCUT2D eigenvalue weighted by Crippen LogP contribution is 2.14. The Balaban J connectivity index is 2.30. The fraction of sp³-hybridized carbons (Fsp3) is 0. The number of anilines is 1. The summed E-state index contributed by atoms with van der Waals surface area (Å²) < 4.78 is 0. The van der Waals surface area contributed by atoms with Crippen LogP contribution in [0.1, 0.15) is 0 Å². The minimum Gasteiger partial charge on any atom is -0.224 e. The van der Waals surface area contributed by atoms with Gasteiger partial charge in [-0.15, -0.1) is 0 Å². The zero-order chi connectivity index (χ0) is 6.10. The Morgan fingerprint density at radius 2 is 1.67 bits per heavy atom. The monoisotopic (exact) mass is 115 g/mol. The van der Waals surface area contributed by atoms with Crippen LogP contribution in [0, 0.1) is 12.1 Å². The van der Waals surface area contributed by atoms with E-state index in [1.807, 2.05) is 35.2 Å². The lowest BCUT2D eigenvalue weighted by Gasteiger charge is -1.96. The van der Waals surface area contributed by atoms with Crippen LogP contribution in [0.2, 0.25) is 0 Å². The molecule has 1 aromatic rings. The van der Waals surface area contributed by atoms with Gasteiger partial charge in [0.25, 0.3) is 0 Å². The van der Waals surface area contributed by atoms with E-state index in [0.29, 0.717) is 0 Å². The van der Waals surface area contributed by atoms with E-state index < -0.39 is 0 Å². The fourth-order valence-corrected chi connectivity index (χ4v) is 0.731. The van der Waals surface area contributed by atoms with Gasteiger partial charge in [0, 0.05) is 0 Å². The molecule has 0 aliphatic carbocycles. The first-order valence-electron chi connectivity index (χ1n) is 2.83. The van der Waals surface area contributed by atoms with E-state index in [2.05, 4.69) is 12.1 Å². The highest BCUT2D eigenvalue weighted by molar-refractivity contribution is 5.65. The van der Waals surface area contributed by atoms with Crippen molar-refractivity contribution >= 4 is 5.69 Å². The Morgan fingerprint density at radius 1 is 1.00 bits per heavy atom. The molecular formula is C8H5N. The van der Waals surface area contributed by atoms with Crippen LogP contribution in [-0.2, 0) is 0 Å². The summed E-state index contributed by atoms with van der Waals surface area (Å²) in [4.78, 5) is 1.83. The van der Waals surface area contributed by atoms with Crippen LogP contribution < -0.4 is 4.90 Å². The van der Waals surface area contributed by atoms with Crippen LogP contribution in [0.4, 0.5) is 5.69 Å². The summed E-state index contributed by atoms with van der Waals surface area (Å²) in [5.41, 5.74) is 1.14. The molecule has 9 heavy (non-hydrogen) atoms. The van der Waals surface area contributed by atoms with Crippen LogP contribution in [-0.4, -0.2) is 0 Å². The van der Waals surface area contributed by atoms with Gasteiger partial charge in [0.05, 0.1) is 17.8 Å². The second kappa shape index (κ2) is 1.53. The molecule has 1 heteroatoms. The van der Waals surface area contributed by atoms with Gasteiger partial charge >= 0.3 is 0 Å². The number of hydrogen-bond donors (Lipinski definition) is 0. The molecule has 0 amide bonds. The highest BCUT2D eigenvalue weighted by atomic mass is 15.2. The summed E-state index contributed by atoms with van der Waals surface area (Å²) in [5, 5.41) is 0. The molecule has 0 fully saturated rings. The van der Waals surface area contributed by atoms with Crippen LogP contribution in [0.15, 0.2) is 30.3 Å². The fourth-order valence-electron chi connectivity index (χ4n) is 0.731. The van der Waals surface area contributed by atoms with Gasteiger partial charge in [0.2, 0.25) is 0 Å². The van der Waals surface area contributed by atoms with Crippen molar-refractivity contribution in [3.05, 3.63) is 30.3 Å². The summed E-state index contributed by atoms with van der Waals surface area (Å²) in [6.07, 6.45) is 0. The SMILES string of the molecule is C1#CN1c1ccccc1. The van der Waals surface area contributed by atoms with Crippen molar-refractivity contribution in [1.29, 1.82) is 0 Å². The quantitative estimate of drug-likeness (QED) is 0.500. The van der Waals surface area contributed by atoms with Gasteiger partial charge in [-0.3, -0.25) is 0 Å². The average molecular weight is 115 g/mol. The van der Waals surface area contributed by atoms with E-state index >= 15 is 0 Å². The molecule has 0 atom stereocenters.